The summed E-state index contributed by atoms with van der Waals surface area (Å²) in [6.07, 6.45) is 0.618. The summed E-state index contributed by atoms with van der Waals surface area (Å²) in [6.45, 7) is 5.90. The van der Waals surface area contributed by atoms with Gasteiger partial charge in [-0.3, -0.25) is 14.5 Å². The molecule has 0 aliphatic carbocycles. The number of aryl methyl sites for hydroxylation is 2. The number of nitrogens with zero attached hydrogens (tertiary/aromatic N) is 2. The van der Waals surface area contributed by atoms with Crippen molar-refractivity contribution < 1.29 is 9.59 Å². The number of nitriles is 1. The molecule has 1 atom stereocenters. The van der Waals surface area contributed by atoms with E-state index < -0.39 is 5.91 Å². The number of para-hydroxylation sites is 1. The second kappa shape index (κ2) is 8.32. The lowest BCUT2D eigenvalue weighted by atomic mass is 10.1. The van der Waals surface area contributed by atoms with Gasteiger partial charge in [0.05, 0.1) is 5.25 Å². The monoisotopic (exact) mass is 391 g/mol. The highest BCUT2D eigenvalue weighted by Crippen LogP contribution is 2.42. The minimum absolute atomic E-state index is 0.0589. The van der Waals surface area contributed by atoms with E-state index in [1.54, 1.807) is 24.3 Å². The van der Waals surface area contributed by atoms with Gasteiger partial charge >= 0.3 is 0 Å². The Hall–Kier alpha value is -3.04. The summed E-state index contributed by atoms with van der Waals surface area (Å²) in [5.41, 5.74) is 3.37. The van der Waals surface area contributed by atoms with Gasteiger partial charge in [0.2, 0.25) is 5.91 Å². The molecule has 1 aliphatic rings. The van der Waals surface area contributed by atoms with E-state index in [0.717, 1.165) is 11.1 Å². The molecule has 1 fully saturated rings. The van der Waals surface area contributed by atoms with Crippen molar-refractivity contribution in [2.45, 2.75) is 32.4 Å². The number of benzene rings is 2. The first-order valence-electron chi connectivity index (χ1n) is 9.05. The molecule has 1 N–H and O–H groups in total. The largest absolute Gasteiger partial charge is 0.321 e. The Morgan fingerprint density at radius 1 is 1.18 bits per heavy atom. The van der Waals surface area contributed by atoms with Crippen LogP contribution in [0, 0.1) is 25.2 Å². The fourth-order valence-corrected chi connectivity index (χ4v) is 4.13. The zero-order valence-electron chi connectivity index (χ0n) is 16.0. The van der Waals surface area contributed by atoms with Crippen molar-refractivity contribution in [1.82, 2.24) is 0 Å². The van der Waals surface area contributed by atoms with Crippen molar-refractivity contribution in [3.63, 3.8) is 0 Å². The third-order valence-electron chi connectivity index (χ3n) is 4.66. The molecule has 0 spiro atoms. The molecule has 0 saturated carbocycles. The van der Waals surface area contributed by atoms with Gasteiger partial charge in [0.25, 0.3) is 5.91 Å². The number of carbonyl (C=O) groups excluding carboxylic acids is 2. The minimum atomic E-state index is -0.519. The van der Waals surface area contributed by atoms with Crippen molar-refractivity contribution in [3.05, 3.63) is 70.3 Å². The summed E-state index contributed by atoms with van der Waals surface area (Å²) in [4.78, 5) is 27.3. The van der Waals surface area contributed by atoms with Crippen LogP contribution in [-0.2, 0) is 9.59 Å². The lowest BCUT2D eigenvalue weighted by Crippen LogP contribution is -2.30. The lowest BCUT2D eigenvalue weighted by Gasteiger charge is -2.19. The highest BCUT2D eigenvalue weighted by atomic mass is 32.2. The summed E-state index contributed by atoms with van der Waals surface area (Å²) < 4.78 is 0. The predicted molar refractivity (Wildman–Crippen MR) is 113 cm³/mol. The van der Waals surface area contributed by atoms with Crippen LogP contribution < -0.4 is 10.2 Å². The molecule has 142 valence electrons. The molecule has 3 rings (SSSR count). The van der Waals surface area contributed by atoms with E-state index >= 15 is 0 Å². The molecule has 0 bridgehead atoms. The lowest BCUT2D eigenvalue weighted by molar-refractivity contribution is -0.117. The van der Waals surface area contributed by atoms with Crippen molar-refractivity contribution >= 4 is 35.0 Å². The fourth-order valence-electron chi connectivity index (χ4n) is 2.93. The van der Waals surface area contributed by atoms with Crippen molar-refractivity contribution in [3.8, 4) is 6.07 Å². The molecule has 1 unspecified atom stereocenters. The number of hydrogen-bond acceptors (Lipinski definition) is 4. The van der Waals surface area contributed by atoms with Gasteiger partial charge < -0.3 is 5.32 Å². The maximum Gasteiger partial charge on any atom is 0.269 e. The second-order valence-corrected chi connectivity index (χ2v) is 7.76. The third-order valence-corrected chi connectivity index (χ3v) is 6.09. The van der Waals surface area contributed by atoms with Gasteiger partial charge in [0.15, 0.2) is 0 Å². The highest BCUT2D eigenvalue weighted by molar-refractivity contribution is 8.05. The van der Waals surface area contributed by atoms with E-state index in [1.165, 1.54) is 16.7 Å². The van der Waals surface area contributed by atoms with Crippen LogP contribution in [0.3, 0.4) is 0 Å². The minimum Gasteiger partial charge on any atom is -0.321 e. The molecule has 28 heavy (non-hydrogen) atoms. The van der Waals surface area contributed by atoms with Gasteiger partial charge in [-0.1, -0.05) is 43.0 Å². The zero-order chi connectivity index (χ0) is 20.3. The smallest absolute Gasteiger partial charge is 0.269 e. The van der Waals surface area contributed by atoms with Gasteiger partial charge in [-0.2, -0.15) is 5.26 Å². The standard InChI is InChI=1S/C22H21N3O2S/c1-4-19-21(27)25(17-11-10-14(2)15(3)12-17)22(28-19)18(13-23)20(26)24-16-8-6-5-7-9-16/h5-12,19H,4H2,1-3H3,(H,24,26)/b22-18-. The first-order valence-corrected chi connectivity index (χ1v) is 9.92. The quantitative estimate of drug-likeness (QED) is 0.614. The summed E-state index contributed by atoms with van der Waals surface area (Å²) in [5, 5.41) is 12.5. The van der Waals surface area contributed by atoms with Crippen molar-refractivity contribution in [2.75, 3.05) is 10.2 Å². The van der Waals surface area contributed by atoms with Crippen molar-refractivity contribution in [1.29, 1.82) is 5.26 Å². The third kappa shape index (κ3) is 3.80. The molecule has 0 aromatic heterocycles. The van der Waals surface area contributed by atoms with Crippen molar-refractivity contribution in [2.24, 2.45) is 0 Å². The van der Waals surface area contributed by atoms with Gasteiger partial charge in [0.1, 0.15) is 16.7 Å². The van der Waals surface area contributed by atoms with E-state index in [4.69, 9.17) is 0 Å². The van der Waals surface area contributed by atoms with Crippen LogP contribution in [0.2, 0.25) is 0 Å². The van der Waals surface area contributed by atoms with Crippen LogP contribution in [0.25, 0.3) is 0 Å². The molecular formula is C22H21N3O2S. The molecule has 2 aromatic carbocycles. The molecule has 0 radical (unpaired) electrons. The van der Waals surface area contributed by atoms with E-state index in [2.05, 4.69) is 5.32 Å². The van der Waals surface area contributed by atoms with E-state index in [0.29, 0.717) is 22.8 Å². The topological polar surface area (TPSA) is 73.2 Å². The maximum atomic E-state index is 13.0. The Morgan fingerprint density at radius 2 is 1.89 bits per heavy atom. The molecule has 2 aromatic rings. The van der Waals surface area contributed by atoms with Crippen LogP contribution in [0.4, 0.5) is 11.4 Å². The van der Waals surface area contributed by atoms with Gasteiger partial charge in [-0.05, 0) is 55.7 Å². The summed E-state index contributed by atoms with van der Waals surface area (Å²) in [6, 6.07) is 16.7. The first kappa shape index (κ1) is 19.7. The van der Waals surface area contributed by atoms with Gasteiger partial charge in [-0.15, -0.1) is 0 Å². The number of rotatable bonds is 4. The normalized spacial score (nSPS) is 18.0. The number of nitrogens with one attached hydrogen (secondary N) is 1. The van der Waals surface area contributed by atoms with Crippen LogP contribution in [0.1, 0.15) is 24.5 Å². The number of anilines is 2. The SMILES string of the molecule is CCC1S/C(=C(/C#N)C(=O)Nc2ccccc2)N(c2ccc(C)c(C)c2)C1=O. The molecule has 1 aliphatic heterocycles. The molecule has 1 heterocycles. The maximum absolute atomic E-state index is 13.0. The van der Waals surface area contributed by atoms with Crippen LogP contribution in [-0.4, -0.2) is 17.1 Å². The highest BCUT2D eigenvalue weighted by Gasteiger charge is 2.39. The van der Waals surface area contributed by atoms with Gasteiger partial charge in [0, 0.05) is 11.4 Å². The van der Waals surface area contributed by atoms with Gasteiger partial charge in [-0.25, -0.2) is 0 Å². The molecule has 1 saturated heterocycles. The second-order valence-electron chi connectivity index (χ2n) is 6.57. The number of amides is 2. The zero-order valence-corrected chi connectivity index (χ0v) is 16.8. The van der Waals surface area contributed by atoms with E-state index in [9.17, 15) is 14.9 Å². The molecule has 6 heteroatoms. The summed E-state index contributed by atoms with van der Waals surface area (Å²) in [5.74, 6) is -0.624. The Labute approximate surface area is 169 Å². The van der Waals surface area contributed by atoms with E-state index in [-0.39, 0.29) is 16.7 Å². The first-order chi connectivity index (χ1) is 13.5. The van der Waals surface area contributed by atoms with E-state index in [1.807, 2.05) is 51.1 Å². The number of thioether (sulfide) groups is 1. The Bertz CT molecular complexity index is 993. The van der Waals surface area contributed by atoms with Crippen LogP contribution >= 0.6 is 11.8 Å². The average molecular weight is 391 g/mol. The fraction of sp³-hybridized carbons (Fsp3) is 0.227. The van der Waals surface area contributed by atoms with Crippen LogP contribution in [0.15, 0.2) is 59.1 Å². The summed E-state index contributed by atoms with van der Waals surface area (Å²) >= 11 is 1.28. The average Bonchev–Trinajstić information content (AvgIpc) is 3.01. The number of hydrogen-bond donors (Lipinski definition) is 1. The van der Waals surface area contributed by atoms with Crippen LogP contribution in [0.5, 0.6) is 0 Å². The summed E-state index contributed by atoms with van der Waals surface area (Å²) in [7, 11) is 0. The number of carbonyl (C=O) groups is 2. The molecule has 5 nitrogen and oxygen atoms in total. The Balaban J connectivity index is 2.05. The predicted octanol–water partition coefficient (Wildman–Crippen LogP) is 4.54. The molecule has 2 amide bonds. The Morgan fingerprint density at radius 3 is 2.50 bits per heavy atom. The molecular weight excluding hydrogens is 370 g/mol. The Kier molecular flexibility index (Phi) is 5.86.